The van der Waals surface area contributed by atoms with Crippen molar-refractivity contribution in [2.24, 2.45) is 0 Å². The van der Waals surface area contributed by atoms with Crippen LogP contribution in [-0.4, -0.2) is 40.0 Å². The van der Waals surface area contributed by atoms with E-state index in [0.29, 0.717) is 12.1 Å². The van der Waals surface area contributed by atoms with Crippen LogP contribution >= 0.6 is 0 Å². The molecule has 3 aromatic carbocycles. The van der Waals surface area contributed by atoms with E-state index in [1.807, 2.05) is 95.3 Å². The number of carbonyl (C=O) groups excluding carboxylic acids is 3. The Bertz CT molecular complexity index is 1390. The maximum atomic E-state index is 14.2. The molecule has 0 bridgehead atoms. The molecule has 0 fully saturated rings. The number of hydrogen-bond donors (Lipinski definition) is 2. The summed E-state index contributed by atoms with van der Waals surface area (Å²) in [5, 5.41) is 7.81. The van der Waals surface area contributed by atoms with Gasteiger partial charge in [-0.15, -0.1) is 0 Å². The molecule has 7 heteroatoms. The van der Waals surface area contributed by atoms with Crippen LogP contribution in [0.2, 0.25) is 0 Å². The fraction of sp³-hybridized carbons (Fsp3) is 0.424. The van der Waals surface area contributed by atoms with E-state index >= 15 is 0 Å². The lowest BCUT2D eigenvalue weighted by atomic mass is 9.90. The van der Waals surface area contributed by atoms with Gasteiger partial charge < -0.3 is 20.3 Å². The second-order valence-electron chi connectivity index (χ2n) is 12.1. The predicted octanol–water partition coefficient (Wildman–Crippen LogP) is 7.07. The summed E-state index contributed by atoms with van der Waals surface area (Å²) in [5.41, 5.74) is 1.81. The molecular formula is C33H43N3O4. The second-order valence-corrected chi connectivity index (χ2v) is 12.1. The average Bonchev–Trinajstić information content (AvgIpc) is 2.87. The fourth-order valence-corrected chi connectivity index (χ4v) is 4.63. The maximum Gasteiger partial charge on any atom is 0.408 e. The van der Waals surface area contributed by atoms with Crippen LogP contribution in [0.25, 0.3) is 10.8 Å². The molecule has 3 amide bonds. The van der Waals surface area contributed by atoms with Crippen LogP contribution in [0.5, 0.6) is 0 Å². The van der Waals surface area contributed by atoms with Crippen LogP contribution in [-0.2, 0) is 14.3 Å². The summed E-state index contributed by atoms with van der Waals surface area (Å²) in [6, 6.07) is 17.7. The van der Waals surface area contributed by atoms with Crippen molar-refractivity contribution in [2.45, 2.75) is 92.0 Å². The zero-order valence-electron chi connectivity index (χ0n) is 25.2. The Balaban J connectivity index is 2.08. The zero-order valence-corrected chi connectivity index (χ0v) is 25.2. The van der Waals surface area contributed by atoms with Gasteiger partial charge in [-0.2, -0.15) is 0 Å². The third-order valence-corrected chi connectivity index (χ3v) is 7.11. The lowest BCUT2D eigenvalue weighted by Gasteiger charge is -2.44. The van der Waals surface area contributed by atoms with Crippen LogP contribution in [0, 0.1) is 13.8 Å². The number of benzene rings is 3. The van der Waals surface area contributed by atoms with Crippen LogP contribution in [0.3, 0.4) is 0 Å². The van der Waals surface area contributed by atoms with Gasteiger partial charge in [-0.05, 0) is 95.8 Å². The topological polar surface area (TPSA) is 87.7 Å². The molecule has 40 heavy (non-hydrogen) atoms. The molecule has 2 N–H and O–H groups in total. The standard InChI is InChI=1S/C33H43N3O4/c1-10-33(8,9)36(30(38)23(4)34-31(39)40-32(5,6)7)28(27-19-21(2)15-16-22(27)3)29(37)35-26-18-17-24-13-11-12-14-25(24)20-26/h11-20,23,28H,10H2,1-9H3,(H,34,39)(H,35,37). The molecular weight excluding hydrogens is 502 g/mol. The highest BCUT2D eigenvalue weighted by Gasteiger charge is 2.42. The largest absolute Gasteiger partial charge is 0.444 e. The average molecular weight is 546 g/mol. The van der Waals surface area contributed by atoms with Crippen molar-refractivity contribution in [3.63, 3.8) is 0 Å². The second kappa shape index (κ2) is 12.1. The molecule has 0 aromatic heterocycles. The number of hydrogen-bond acceptors (Lipinski definition) is 4. The number of anilines is 1. The first kappa shape index (κ1) is 30.7. The highest BCUT2D eigenvalue weighted by Crippen LogP contribution is 2.35. The van der Waals surface area contributed by atoms with Gasteiger partial charge in [0.05, 0.1) is 0 Å². The summed E-state index contributed by atoms with van der Waals surface area (Å²) in [4.78, 5) is 42.6. The molecule has 0 aliphatic heterocycles. The zero-order chi connectivity index (χ0) is 29.8. The lowest BCUT2D eigenvalue weighted by Crippen LogP contribution is -2.58. The van der Waals surface area contributed by atoms with Gasteiger partial charge in [-0.25, -0.2) is 4.79 Å². The number of alkyl carbamates (subject to hydrolysis) is 1. The molecule has 7 nitrogen and oxygen atoms in total. The Hall–Kier alpha value is -3.87. The molecule has 2 atom stereocenters. The van der Waals surface area contributed by atoms with Crippen molar-refractivity contribution < 1.29 is 19.1 Å². The number of ether oxygens (including phenoxy) is 1. The van der Waals surface area contributed by atoms with Crippen molar-refractivity contribution in [3.8, 4) is 0 Å². The Kier molecular flexibility index (Phi) is 9.28. The van der Waals surface area contributed by atoms with E-state index in [4.69, 9.17) is 4.74 Å². The van der Waals surface area contributed by atoms with Gasteiger partial charge in [0.25, 0.3) is 5.91 Å². The van der Waals surface area contributed by atoms with Crippen molar-refractivity contribution in [1.82, 2.24) is 10.2 Å². The summed E-state index contributed by atoms with van der Waals surface area (Å²) in [5.74, 6) is -0.708. The van der Waals surface area contributed by atoms with Crippen LogP contribution < -0.4 is 10.6 Å². The van der Waals surface area contributed by atoms with Gasteiger partial charge in [0.15, 0.2) is 0 Å². The SMILES string of the molecule is CCC(C)(C)N(C(=O)C(C)NC(=O)OC(C)(C)C)C(C(=O)Nc1ccc2ccccc2c1)c1cc(C)ccc1C. The normalized spacial score (nSPS) is 13.3. The Morgan fingerprint density at radius 2 is 1.55 bits per heavy atom. The maximum absolute atomic E-state index is 14.2. The van der Waals surface area contributed by atoms with Gasteiger partial charge in [-0.3, -0.25) is 9.59 Å². The summed E-state index contributed by atoms with van der Waals surface area (Å²) in [6.07, 6.45) is -0.103. The molecule has 0 aliphatic rings. The van der Waals surface area contributed by atoms with E-state index in [1.54, 1.807) is 32.6 Å². The van der Waals surface area contributed by atoms with Crippen molar-refractivity contribution in [2.75, 3.05) is 5.32 Å². The van der Waals surface area contributed by atoms with E-state index in [2.05, 4.69) is 10.6 Å². The van der Waals surface area contributed by atoms with Gasteiger partial charge in [-0.1, -0.05) is 61.0 Å². The summed E-state index contributed by atoms with van der Waals surface area (Å²) in [6.45, 7) is 16.7. The number of amides is 3. The molecule has 0 spiro atoms. The molecule has 0 radical (unpaired) electrons. The number of fused-ring (bicyclic) bond motifs is 1. The highest BCUT2D eigenvalue weighted by atomic mass is 16.6. The van der Waals surface area contributed by atoms with Crippen LogP contribution in [0.15, 0.2) is 60.7 Å². The first-order valence-electron chi connectivity index (χ1n) is 13.8. The van der Waals surface area contributed by atoms with Crippen molar-refractivity contribution in [3.05, 3.63) is 77.4 Å². The van der Waals surface area contributed by atoms with Gasteiger partial charge in [0.1, 0.15) is 17.7 Å². The lowest BCUT2D eigenvalue weighted by molar-refractivity contribution is -0.147. The number of nitrogens with zero attached hydrogens (tertiary/aromatic N) is 1. The molecule has 0 saturated carbocycles. The van der Waals surface area contributed by atoms with E-state index < -0.39 is 29.3 Å². The number of rotatable bonds is 8. The molecule has 3 aromatic rings. The number of aryl methyl sites for hydroxylation is 2. The van der Waals surface area contributed by atoms with E-state index in [1.165, 1.54) is 0 Å². The van der Waals surface area contributed by atoms with E-state index in [-0.39, 0.29) is 11.8 Å². The monoisotopic (exact) mass is 545 g/mol. The van der Waals surface area contributed by atoms with E-state index in [0.717, 1.165) is 27.5 Å². The summed E-state index contributed by atoms with van der Waals surface area (Å²) < 4.78 is 5.39. The quantitative estimate of drug-likeness (QED) is 0.317. The molecule has 0 aliphatic carbocycles. The molecule has 2 unspecified atom stereocenters. The van der Waals surface area contributed by atoms with Crippen molar-refractivity contribution >= 4 is 34.4 Å². The number of nitrogens with one attached hydrogen (secondary N) is 2. The summed E-state index contributed by atoms with van der Waals surface area (Å²) in [7, 11) is 0. The number of carbonyl (C=O) groups is 3. The fourth-order valence-electron chi connectivity index (χ4n) is 4.63. The van der Waals surface area contributed by atoms with Gasteiger partial charge in [0.2, 0.25) is 5.91 Å². The minimum Gasteiger partial charge on any atom is -0.444 e. The minimum absolute atomic E-state index is 0.330. The van der Waals surface area contributed by atoms with Gasteiger partial charge >= 0.3 is 6.09 Å². The van der Waals surface area contributed by atoms with Crippen LogP contribution in [0.4, 0.5) is 10.5 Å². The molecule has 214 valence electrons. The molecule has 0 heterocycles. The summed E-state index contributed by atoms with van der Waals surface area (Å²) >= 11 is 0. The molecule has 0 saturated heterocycles. The van der Waals surface area contributed by atoms with Crippen molar-refractivity contribution in [1.29, 1.82) is 0 Å². The predicted molar refractivity (Wildman–Crippen MR) is 161 cm³/mol. The first-order valence-corrected chi connectivity index (χ1v) is 13.8. The Labute approximate surface area is 238 Å². The minimum atomic E-state index is -0.947. The smallest absolute Gasteiger partial charge is 0.408 e. The third kappa shape index (κ3) is 7.40. The molecule has 3 rings (SSSR count). The Morgan fingerprint density at radius 3 is 2.17 bits per heavy atom. The first-order chi connectivity index (χ1) is 18.6. The third-order valence-electron chi connectivity index (χ3n) is 7.11. The van der Waals surface area contributed by atoms with Gasteiger partial charge in [0, 0.05) is 11.2 Å². The highest BCUT2D eigenvalue weighted by molar-refractivity contribution is 6.00. The Morgan fingerprint density at radius 1 is 0.900 bits per heavy atom. The van der Waals surface area contributed by atoms with E-state index in [9.17, 15) is 14.4 Å². The van der Waals surface area contributed by atoms with Crippen LogP contribution in [0.1, 0.15) is 77.6 Å².